The number of para-hydroxylation sites is 3. The summed E-state index contributed by atoms with van der Waals surface area (Å²) >= 11 is 0. The molecule has 2 heteroatoms. The Morgan fingerprint density at radius 1 is 0.483 bits per heavy atom. The molecule has 4 atom stereocenters. The lowest BCUT2D eigenvalue weighted by Crippen LogP contribution is -2.40. The van der Waals surface area contributed by atoms with Crippen LogP contribution in [0.4, 0.5) is 17.1 Å². The molecule has 1 heterocycles. The zero-order valence-corrected chi connectivity index (χ0v) is 33.7. The molecule has 0 aliphatic heterocycles. The van der Waals surface area contributed by atoms with Crippen LogP contribution >= 0.6 is 0 Å². The van der Waals surface area contributed by atoms with E-state index in [9.17, 15) is 0 Å². The summed E-state index contributed by atoms with van der Waals surface area (Å²) in [6.07, 6.45) is 10.0. The van der Waals surface area contributed by atoms with Crippen molar-refractivity contribution in [1.82, 2.24) is 4.57 Å². The number of anilines is 3. The molecule has 7 aromatic carbocycles. The maximum Gasteiger partial charge on any atom is 0.0541 e. The Hall–Kier alpha value is -5.86. The molecule has 58 heavy (non-hydrogen) atoms. The van der Waals surface area contributed by atoms with E-state index in [1.54, 1.807) is 5.56 Å². The third-order valence-electron chi connectivity index (χ3n) is 15.1. The standard InChI is InChI=1S/C56H50N2/c1-55(2)50-15-7-3-12-46(50)47-30-29-44(33-51(47)55)57(43-27-23-41(24-28-43)56-34-37-19-20-38(35-56)32-39(31-37)36-56)42-25-21-40(22-26-42)45-11-4-8-16-52(45)58-53-17-9-5-13-48(53)49-14-6-10-18-54(49)58/h3-18,21-30,33,37-39H,19-20,31-32,34-36H2,1-2H3/t37-,38?,39?,56?/m1/s1. The minimum atomic E-state index is -0.0745. The Morgan fingerprint density at radius 3 is 1.71 bits per heavy atom. The summed E-state index contributed by atoms with van der Waals surface area (Å²) < 4.78 is 2.44. The predicted molar refractivity (Wildman–Crippen MR) is 243 cm³/mol. The van der Waals surface area contributed by atoms with Crippen molar-refractivity contribution in [1.29, 1.82) is 0 Å². The van der Waals surface area contributed by atoms with Crippen LogP contribution in [0.25, 0.3) is 49.7 Å². The van der Waals surface area contributed by atoms with Crippen molar-refractivity contribution in [3.05, 3.63) is 180 Å². The van der Waals surface area contributed by atoms with E-state index in [0.717, 1.165) is 17.8 Å². The second-order valence-corrected chi connectivity index (χ2v) is 18.8. The molecule has 284 valence electrons. The maximum absolute atomic E-state index is 2.51. The van der Waals surface area contributed by atoms with Gasteiger partial charge in [-0.25, -0.2) is 0 Å². The van der Waals surface area contributed by atoms with Gasteiger partial charge < -0.3 is 9.47 Å². The Bertz CT molecular complexity index is 2800. The van der Waals surface area contributed by atoms with E-state index in [2.05, 4.69) is 187 Å². The molecule has 8 aromatic rings. The molecule has 1 aromatic heterocycles. The van der Waals surface area contributed by atoms with Crippen molar-refractivity contribution >= 4 is 38.9 Å². The summed E-state index contributed by atoms with van der Waals surface area (Å²) in [5, 5.41) is 2.56. The average Bonchev–Trinajstić information content (AvgIpc) is 3.60. The van der Waals surface area contributed by atoms with Gasteiger partial charge in [-0.15, -0.1) is 0 Å². The lowest BCUT2D eigenvalue weighted by atomic mass is 9.56. The molecule has 0 saturated heterocycles. The summed E-state index contributed by atoms with van der Waals surface area (Å²) in [5.41, 5.74) is 17.1. The molecule has 0 N–H and O–H groups in total. The summed E-state index contributed by atoms with van der Waals surface area (Å²) in [4.78, 5) is 2.50. The molecule has 4 saturated carbocycles. The minimum Gasteiger partial charge on any atom is -0.310 e. The van der Waals surface area contributed by atoms with Gasteiger partial charge in [0, 0.05) is 38.8 Å². The van der Waals surface area contributed by atoms with Crippen LogP contribution in [0.1, 0.15) is 75.5 Å². The molecule has 0 spiro atoms. The molecule has 5 aliphatic carbocycles. The van der Waals surface area contributed by atoms with Crippen LogP contribution < -0.4 is 4.90 Å². The van der Waals surface area contributed by atoms with Crippen molar-refractivity contribution in [2.75, 3.05) is 4.90 Å². The normalized spacial score (nSPS) is 22.6. The van der Waals surface area contributed by atoms with Gasteiger partial charge in [0.05, 0.1) is 16.7 Å². The van der Waals surface area contributed by atoms with Crippen LogP contribution in [0.5, 0.6) is 0 Å². The van der Waals surface area contributed by atoms with Crippen LogP contribution in [-0.4, -0.2) is 4.57 Å². The number of nitrogens with zero attached hydrogens (tertiary/aromatic N) is 2. The summed E-state index contributed by atoms with van der Waals surface area (Å²) in [7, 11) is 0. The van der Waals surface area contributed by atoms with Gasteiger partial charge in [0.1, 0.15) is 0 Å². The number of hydrogen-bond donors (Lipinski definition) is 0. The van der Waals surface area contributed by atoms with Crippen LogP contribution in [0, 0.1) is 17.8 Å². The monoisotopic (exact) mass is 750 g/mol. The number of hydrogen-bond acceptors (Lipinski definition) is 1. The van der Waals surface area contributed by atoms with Gasteiger partial charge in [-0.05, 0) is 143 Å². The lowest BCUT2D eigenvalue weighted by molar-refractivity contribution is 0.0984. The second-order valence-electron chi connectivity index (χ2n) is 18.8. The highest BCUT2D eigenvalue weighted by atomic mass is 15.1. The molecule has 3 unspecified atom stereocenters. The smallest absolute Gasteiger partial charge is 0.0541 e. The first-order valence-electron chi connectivity index (χ1n) is 21.8. The van der Waals surface area contributed by atoms with Crippen molar-refractivity contribution in [3.63, 3.8) is 0 Å². The molecule has 2 nitrogen and oxygen atoms in total. The highest BCUT2D eigenvalue weighted by Crippen LogP contribution is 2.59. The van der Waals surface area contributed by atoms with E-state index in [4.69, 9.17) is 0 Å². The molecular formula is C56H50N2. The van der Waals surface area contributed by atoms with Gasteiger partial charge in [-0.3, -0.25) is 0 Å². The van der Waals surface area contributed by atoms with Gasteiger partial charge >= 0.3 is 0 Å². The van der Waals surface area contributed by atoms with E-state index >= 15 is 0 Å². The maximum atomic E-state index is 2.51. The minimum absolute atomic E-state index is 0.0745. The summed E-state index contributed by atoms with van der Waals surface area (Å²) in [6, 6.07) is 61.9. The fraction of sp³-hybridized carbons (Fsp3) is 0.250. The van der Waals surface area contributed by atoms with E-state index in [1.165, 1.54) is 123 Å². The summed E-state index contributed by atoms with van der Waals surface area (Å²) in [5.74, 6) is 2.76. The predicted octanol–water partition coefficient (Wildman–Crippen LogP) is 15.1. The first-order chi connectivity index (χ1) is 28.4. The van der Waals surface area contributed by atoms with Crippen LogP contribution in [0.15, 0.2) is 164 Å². The largest absolute Gasteiger partial charge is 0.310 e. The lowest BCUT2D eigenvalue weighted by Gasteiger charge is -2.49. The van der Waals surface area contributed by atoms with Crippen molar-refractivity contribution < 1.29 is 0 Å². The molecule has 0 radical (unpaired) electrons. The highest BCUT2D eigenvalue weighted by molar-refractivity contribution is 6.09. The third-order valence-corrected chi connectivity index (χ3v) is 15.1. The highest BCUT2D eigenvalue weighted by Gasteiger charge is 2.49. The number of benzene rings is 7. The topological polar surface area (TPSA) is 8.17 Å². The fourth-order valence-corrected chi connectivity index (χ4v) is 12.7. The molecule has 13 rings (SSSR count). The van der Waals surface area contributed by atoms with Crippen LogP contribution in [0.3, 0.4) is 0 Å². The molecular weight excluding hydrogens is 701 g/mol. The van der Waals surface area contributed by atoms with Gasteiger partial charge in [-0.2, -0.15) is 0 Å². The molecule has 4 fully saturated rings. The third kappa shape index (κ3) is 5.16. The Balaban J connectivity index is 0.967. The van der Waals surface area contributed by atoms with Gasteiger partial charge in [0.2, 0.25) is 0 Å². The van der Waals surface area contributed by atoms with Crippen molar-refractivity contribution in [3.8, 4) is 27.9 Å². The second kappa shape index (κ2) is 12.8. The first-order valence-corrected chi connectivity index (χ1v) is 21.8. The zero-order chi connectivity index (χ0) is 38.6. The SMILES string of the molecule is CC1(C)c2ccccc2-c2ccc(N(c3ccc(-c4ccccc4-n4c5ccccc5c5ccccc54)cc3)c3ccc(C45CC6CC[C@H](CC(C6)C4)C5)cc3)cc21. The molecule has 4 bridgehead atoms. The quantitative estimate of drug-likeness (QED) is 0.164. The van der Waals surface area contributed by atoms with Crippen molar-refractivity contribution in [2.45, 2.75) is 69.6 Å². The number of rotatable bonds is 6. The average molecular weight is 751 g/mol. The number of fused-ring (bicyclic) bond motifs is 7. The zero-order valence-electron chi connectivity index (χ0n) is 33.7. The van der Waals surface area contributed by atoms with Gasteiger partial charge in [0.15, 0.2) is 0 Å². The van der Waals surface area contributed by atoms with Gasteiger partial charge in [-0.1, -0.05) is 136 Å². The van der Waals surface area contributed by atoms with Crippen molar-refractivity contribution in [2.24, 2.45) is 17.8 Å². The Labute approximate surface area is 342 Å². The van der Waals surface area contributed by atoms with E-state index in [-0.39, 0.29) is 5.41 Å². The van der Waals surface area contributed by atoms with Crippen LogP contribution in [0.2, 0.25) is 0 Å². The Kier molecular flexibility index (Phi) is 7.56. The van der Waals surface area contributed by atoms with E-state index in [1.807, 2.05) is 0 Å². The molecule has 5 aliphatic rings. The first kappa shape index (κ1) is 34.2. The van der Waals surface area contributed by atoms with E-state index < -0.39 is 0 Å². The van der Waals surface area contributed by atoms with Crippen LogP contribution in [-0.2, 0) is 10.8 Å². The summed E-state index contributed by atoms with van der Waals surface area (Å²) in [6.45, 7) is 4.77. The fourth-order valence-electron chi connectivity index (χ4n) is 12.7. The number of aromatic nitrogens is 1. The Morgan fingerprint density at radius 2 is 1.02 bits per heavy atom. The molecule has 0 amide bonds. The van der Waals surface area contributed by atoms with Gasteiger partial charge in [0.25, 0.3) is 0 Å². The van der Waals surface area contributed by atoms with E-state index in [0.29, 0.717) is 5.41 Å².